The van der Waals surface area contributed by atoms with Gasteiger partial charge in [-0.3, -0.25) is 0 Å². The summed E-state index contributed by atoms with van der Waals surface area (Å²) in [4.78, 5) is 4.41. The third-order valence-electron chi connectivity index (χ3n) is 3.96. The summed E-state index contributed by atoms with van der Waals surface area (Å²) in [5.74, 6) is 1.36. The minimum absolute atomic E-state index is 0.173. The van der Waals surface area contributed by atoms with Gasteiger partial charge in [0.1, 0.15) is 6.61 Å². The van der Waals surface area contributed by atoms with Gasteiger partial charge in [0.2, 0.25) is 5.89 Å². The van der Waals surface area contributed by atoms with E-state index in [0.717, 1.165) is 19.4 Å². The van der Waals surface area contributed by atoms with E-state index in [-0.39, 0.29) is 5.41 Å². The van der Waals surface area contributed by atoms with E-state index in [1.165, 1.54) is 32.1 Å². The van der Waals surface area contributed by atoms with Crippen LogP contribution in [0.1, 0.15) is 57.2 Å². The standard InChI is InChI=1S/C14H25N3O2/c1-2-8-18-10-12-16-13(19-17-12)9-14(11-15)6-4-3-5-7-14/h2-11,15H2,1H3. The lowest BCUT2D eigenvalue weighted by Crippen LogP contribution is -2.35. The Morgan fingerprint density at radius 3 is 2.79 bits per heavy atom. The normalized spacial score (nSPS) is 18.6. The highest BCUT2D eigenvalue weighted by Gasteiger charge is 2.32. The first-order valence-corrected chi connectivity index (χ1v) is 7.37. The Bertz CT molecular complexity index is 373. The van der Waals surface area contributed by atoms with Crippen molar-refractivity contribution in [2.24, 2.45) is 11.1 Å². The van der Waals surface area contributed by atoms with Crippen LogP contribution >= 0.6 is 0 Å². The maximum atomic E-state index is 5.98. The van der Waals surface area contributed by atoms with Crippen molar-refractivity contribution >= 4 is 0 Å². The van der Waals surface area contributed by atoms with Gasteiger partial charge >= 0.3 is 0 Å². The Labute approximate surface area is 114 Å². The zero-order valence-electron chi connectivity index (χ0n) is 11.9. The molecule has 1 heterocycles. The average Bonchev–Trinajstić information content (AvgIpc) is 2.87. The molecule has 1 saturated carbocycles. The SMILES string of the molecule is CCCOCc1noc(CC2(CN)CCCCC2)n1. The lowest BCUT2D eigenvalue weighted by atomic mass is 9.72. The molecule has 0 aromatic carbocycles. The zero-order chi connectivity index (χ0) is 13.6. The number of hydrogen-bond donors (Lipinski definition) is 1. The smallest absolute Gasteiger partial charge is 0.227 e. The Hall–Kier alpha value is -0.940. The van der Waals surface area contributed by atoms with Crippen LogP contribution in [-0.4, -0.2) is 23.3 Å². The highest BCUT2D eigenvalue weighted by atomic mass is 16.5. The van der Waals surface area contributed by atoms with Crippen LogP contribution in [0.25, 0.3) is 0 Å². The Balaban J connectivity index is 1.90. The van der Waals surface area contributed by atoms with Crippen molar-refractivity contribution in [1.82, 2.24) is 10.1 Å². The minimum Gasteiger partial charge on any atom is -0.373 e. The number of nitrogens with two attached hydrogens (primary N) is 1. The Kier molecular flexibility index (Phi) is 5.34. The highest BCUT2D eigenvalue weighted by molar-refractivity contribution is 4.94. The average molecular weight is 267 g/mol. The molecule has 1 aromatic rings. The summed E-state index contributed by atoms with van der Waals surface area (Å²) >= 11 is 0. The molecule has 0 atom stereocenters. The van der Waals surface area contributed by atoms with Crippen molar-refractivity contribution in [1.29, 1.82) is 0 Å². The van der Waals surface area contributed by atoms with Gasteiger partial charge in [-0.15, -0.1) is 0 Å². The van der Waals surface area contributed by atoms with Gasteiger partial charge in [0.25, 0.3) is 0 Å². The molecule has 2 rings (SSSR count). The molecule has 0 radical (unpaired) electrons. The van der Waals surface area contributed by atoms with Crippen molar-refractivity contribution < 1.29 is 9.26 Å². The molecule has 1 aromatic heterocycles. The first kappa shape index (κ1) is 14.5. The summed E-state index contributed by atoms with van der Waals surface area (Å²) in [6.45, 7) is 3.95. The van der Waals surface area contributed by atoms with Crippen LogP contribution < -0.4 is 5.73 Å². The van der Waals surface area contributed by atoms with E-state index in [1.54, 1.807) is 0 Å². The summed E-state index contributed by atoms with van der Waals surface area (Å²) in [6, 6.07) is 0. The van der Waals surface area contributed by atoms with Gasteiger partial charge in [0, 0.05) is 13.0 Å². The molecule has 0 bridgehead atoms. The number of ether oxygens (including phenoxy) is 1. The van der Waals surface area contributed by atoms with Gasteiger partial charge in [-0.2, -0.15) is 4.98 Å². The third kappa shape index (κ3) is 4.01. The topological polar surface area (TPSA) is 74.2 Å². The van der Waals surface area contributed by atoms with Crippen LogP contribution in [0.15, 0.2) is 4.52 Å². The second-order valence-electron chi connectivity index (χ2n) is 5.60. The first-order chi connectivity index (χ1) is 9.28. The van der Waals surface area contributed by atoms with E-state index < -0.39 is 0 Å². The number of nitrogens with zero attached hydrogens (tertiary/aromatic N) is 2. The van der Waals surface area contributed by atoms with Gasteiger partial charge in [0.05, 0.1) is 0 Å². The van der Waals surface area contributed by atoms with Crippen LogP contribution in [-0.2, 0) is 17.8 Å². The van der Waals surface area contributed by atoms with Crippen molar-refractivity contribution in [3.05, 3.63) is 11.7 Å². The quantitative estimate of drug-likeness (QED) is 0.768. The molecule has 0 saturated heterocycles. The van der Waals surface area contributed by atoms with Crippen molar-refractivity contribution in [2.45, 2.75) is 58.5 Å². The van der Waals surface area contributed by atoms with Crippen molar-refractivity contribution in [3.8, 4) is 0 Å². The lowest BCUT2D eigenvalue weighted by Gasteiger charge is -2.34. The summed E-state index contributed by atoms with van der Waals surface area (Å²) in [5, 5.41) is 3.97. The fraction of sp³-hybridized carbons (Fsp3) is 0.857. The number of hydrogen-bond acceptors (Lipinski definition) is 5. The molecule has 2 N–H and O–H groups in total. The van der Waals surface area contributed by atoms with Gasteiger partial charge in [-0.25, -0.2) is 0 Å². The van der Waals surface area contributed by atoms with Crippen molar-refractivity contribution in [2.75, 3.05) is 13.2 Å². The molecule has 5 heteroatoms. The maximum absolute atomic E-state index is 5.98. The fourth-order valence-electron chi connectivity index (χ4n) is 2.80. The monoisotopic (exact) mass is 267 g/mol. The summed E-state index contributed by atoms with van der Waals surface area (Å²) in [6.07, 6.45) is 8.00. The molecular weight excluding hydrogens is 242 g/mol. The molecule has 19 heavy (non-hydrogen) atoms. The minimum atomic E-state index is 0.173. The molecule has 0 aliphatic heterocycles. The molecule has 5 nitrogen and oxygen atoms in total. The molecule has 0 unspecified atom stereocenters. The molecule has 1 fully saturated rings. The van der Waals surface area contributed by atoms with Crippen LogP contribution in [0.3, 0.4) is 0 Å². The zero-order valence-corrected chi connectivity index (χ0v) is 11.9. The van der Waals surface area contributed by atoms with E-state index >= 15 is 0 Å². The van der Waals surface area contributed by atoms with Gasteiger partial charge in [-0.05, 0) is 31.2 Å². The Morgan fingerprint density at radius 1 is 1.32 bits per heavy atom. The van der Waals surface area contributed by atoms with Gasteiger partial charge < -0.3 is 15.0 Å². The lowest BCUT2D eigenvalue weighted by molar-refractivity contribution is 0.114. The number of rotatable bonds is 7. The van der Waals surface area contributed by atoms with E-state index in [0.29, 0.717) is 24.9 Å². The molecule has 1 aliphatic carbocycles. The highest BCUT2D eigenvalue weighted by Crippen LogP contribution is 2.37. The first-order valence-electron chi connectivity index (χ1n) is 7.37. The molecule has 1 aliphatic rings. The summed E-state index contributed by atoms with van der Waals surface area (Å²) in [5.41, 5.74) is 6.15. The van der Waals surface area contributed by atoms with Gasteiger partial charge in [-0.1, -0.05) is 31.3 Å². The van der Waals surface area contributed by atoms with Crippen LogP contribution in [0.2, 0.25) is 0 Å². The number of aromatic nitrogens is 2. The summed E-state index contributed by atoms with van der Waals surface area (Å²) in [7, 11) is 0. The van der Waals surface area contributed by atoms with Crippen molar-refractivity contribution in [3.63, 3.8) is 0 Å². The van der Waals surface area contributed by atoms with Gasteiger partial charge in [0.15, 0.2) is 5.82 Å². The fourth-order valence-corrected chi connectivity index (χ4v) is 2.80. The van der Waals surface area contributed by atoms with Crippen LogP contribution in [0.4, 0.5) is 0 Å². The Morgan fingerprint density at radius 2 is 2.11 bits per heavy atom. The van der Waals surface area contributed by atoms with Crippen LogP contribution in [0.5, 0.6) is 0 Å². The van der Waals surface area contributed by atoms with E-state index in [4.69, 9.17) is 15.0 Å². The second kappa shape index (κ2) is 7.01. The van der Waals surface area contributed by atoms with Crippen LogP contribution in [0, 0.1) is 5.41 Å². The largest absolute Gasteiger partial charge is 0.373 e. The molecule has 108 valence electrons. The molecule has 0 spiro atoms. The third-order valence-corrected chi connectivity index (χ3v) is 3.96. The molecular formula is C14H25N3O2. The van der Waals surface area contributed by atoms with E-state index in [1.807, 2.05) is 0 Å². The van der Waals surface area contributed by atoms with E-state index in [9.17, 15) is 0 Å². The predicted octanol–water partition coefficient (Wildman–Crippen LogP) is 2.45. The summed E-state index contributed by atoms with van der Waals surface area (Å²) < 4.78 is 10.7. The predicted molar refractivity (Wildman–Crippen MR) is 72.5 cm³/mol. The second-order valence-corrected chi connectivity index (χ2v) is 5.60. The van der Waals surface area contributed by atoms with E-state index in [2.05, 4.69) is 17.1 Å². The molecule has 0 amide bonds. The maximum Gasteiger partial charge on any atom is 0.227 e.